The second-order valence-corrected chi connectivity index (χ2v) is 6.88. The summed E-state index contributed by atoms with van der Waals surface area (Å²) in [6, 6.07) is 3.11. The first kappa shape index (κ1) is 21.6. The zero-order valence-electron chi connectivity index (χ0n) is 16.1. The number of benzene rings is 1. The van der Waals surface area contributed by atoms with Gasteiger partial charge in [-0.2, -0.15) is 18.0 Å². The van der Waals surface area contributed by atoms with Crippen LogP contribution in [-0.4, -0.2) is 45.2 Å². The lowest BCUT2D eigenvalue weighted by atomic mass is 9.98. The molecule has 30 heavy (non-hydrogen) atoms. The summed E-state index contributed by atoms with van der Waals surface area (Å²) in [4.78, 5) is 25.2. The van der Waals surface area contributed by atoms with Crippen molar-refractivity contribution in [2.24, 2.45) is 5.92 Å². The number of alkyl halides is 3. The largest absolute Gasteiger partial charge is 0.416 e. The van der Waals surface area contributed by atoms with Gasteiger partial charge in [0.25, 0.3) is 0 Å². The Labute approximate surface area is 170 Å². The highest BCUT2D eigenvalue weighted by atomic mass is 19.4. The molecule has 1 saturated heterocycles. The summed E-state index contributed by atoms with van der Waals surface area (Å²) in [5, 5.41) is 14.5. The number of nitrogens with one attached hydrogen (secondary N) is 1. The number of ether oxygens (including phenoxy) is 1. The zero-order chi connectivity index (χ0) is 21.7. The molecule has 0 spiro atoms. The van der Waals surface area contributed by atoms with Gasteiger partial charge in [-0.15, -0.1) is 10.2 Å². The minimum Gasteiger partial charge on any atom is -0.390 e. The minimum absolute atomic E-state index is 0.0759. The van der Waals surface area contributed by atoms with Crippen molar-refractivity contribution in [1.29, 1.82) is 0 Å². The molecule has 1 aliphatic heterocycles. The van der Waals surface area contributed by atoms with E-state index in [1.807, 2.05) is 0 Å². The first-order valence-electron chi connectivity index (χ1n) is 9.31. The second kappa shape index (κ2) is 9.16. The van der Waals surface area contributed by atoms with Crippen LogP contribution in [0.2, 0.25) is 0 Å². The average Bonchev–Trinajstić information content (AvgIpc) is 3.11. The minimum atomic E-state index is -4.52. The number of piperidine rings is 1. The fourth-order valence-electron chi connectivity index (χ4n) is 3.06. The van der Waals surface area contributed by atoms with Crippen molar-refractivity contribution in [3.05, 3.63) is 46.8 Å². The van der Waals surface area contributed by atoms with Crippen LogP contribution in [0.25, 0.3) is 6.08 Å². The molecule has 1 aliphatic rings. The maximum atomic E-state index is 13.1. The number of nitrogens with zero attached hydrogens (tertiary/aromatic N) is 4. The molecule has 2 aromatic rings. The lowest BCUT2D eigenvalue weighted by Crippen LogP contribution is -2.33. The predicted molar refractivity (Wildman–Crippen MR) is 98.8 cm³/mol. The van der Waals surface area contributed by atoms with Crippen molar-refractivity contribution in [2.45, 2.75) is 32.5 Å². The van der Waals surface area contributed by atoms with Crippen molar-refractivity contribution < 1.29 is 27.5 Å². The quantitative estimate of drug-likeness (QED) is 0.447. The molecule has 11 heteroatoms. The Kier molecular flexibility index (Phi) is 6.60. The van der Waals surface area contributed by atoms with Crippen LogP contribution in [0.5, 0.6) is 0 Å². The van der Waals surface area contributed by atoms with Crippen molar-refractivity contribution in [3.63, 3.8) is 0 Å². The third-order valence-electron chi connectivity index (χ3n) is 4.61. The van der Waals surface area contributed by atoms with E-state index in [0.717, 1.165) is 23.0 Å². The molecule has 3 rings (SSSR count). The SMILES string of the molecule is Cc1nnn(Cc2cc(C(F)(F)F)ccc2C=CC(=O)OC(=O)C2CCNCC2)n1. The lowest BCUT2D eigenvalue weighted by Gasteiger charge is -2.19. The van der Waals surface area contributed by atoms with Gasteiger partial charge in [0.1, 0.15) is 0 Å². The molecule has 1 fully saturated rings. The van der Waals surface area contributed by atoms with Crippen molar-refractivity contribution in [1.82, 2.24) is 25.5 Å². The molecule has 0 saturated carbocycles. The molecule has 1 N–H and O–H groups in total. The lowest BCUT2D eigenvalue weighted by molar-refractivity contribution is -0.160. The van der Waals surface area contributed by atoms with Crippen molar-refractivity contribution in [2.75, 3.05) is 13.1 Å². The predicted octanol–water partition coefficient (Wildman–Crippen LogP) is 2.13. The van der Waals surface area contributed by atoms with Crippen LogP contribution in [0.1, 0.15) is 35.4 Å². The van der Waals surface area contributed by atoms with Crippen LogP contribution in [0.15, 0.2) is 24.3 Å². The van der Waals surface area contributed by atoms with E-state index in [-0.39, 0.29) is 18.0 Å². The van der Waals surface area contributed by atoms with Gasteiger partial charge in [0.2, 0.25) is 0 Å². The normalized spacial score (nSPS) is 15.5. The van der Waals surface area contributed by atoms with Crippen LogP contribution in [-0.2, 0) is 27.0 Å². The van der Waals surface area contributed by atoms with Crippen LogP contribution in [0, 0.1) is 12.8 Å². The summed E-state index contributed by atoms with van der Waals surface area (Å²) < 4.78 is 44.1. The Hall–Kier alpha value is -3.08. The molecule has 0 amide bonds. The third-order valence-corrected chi connectivity index (χ3v) is 4.61. The summed E-state index contributed by atoms with van der Waals surface area (Å²) in [6.45, 7) is 2.88. The van der Waals surface area contributed by atoms with Crippen LogP contribution in [0.3, 0.4) is 0 Å². The smallest absolute Gasteiger partial charge is 0.390 e. The molecule has 8 nitrogen and oxygen atoms in total. The molecule has 2 heterocycles. The number of hydrogen-bond donors (Lipinski definition) is 1. The number of carbonyl (C=O) groups is 2. The summed E-state index contributed by atoms with van der Waals surface area (Å²) in [5.74, 6) is -1.44. The van der Waals surface area contributed by atoms with Crippen LogP contribution >= 0.6 is 0 Å². The monoisotopic (exact) mass is 423 g/mol. The van der Waals surface area contributed by atoms with E-state index in [1.165, 1.54) is 12.1 Å². The zero-order valence-corrected chi connectivity index (χ0v) is 16.1. The molecule has 0 atom stereocenters. The van der Waals surface area contributed by atoms with Gasteiger partial charge in [-0.05, 0) is 67.4 Å². The van der Waals surface area contributed by atoms with E-state index in [0.29, 0.717) is 37.3 Å². The van der Waals surface area contributed by atoms with E-state index in [2.05, 4.69) is 20.7 Å². The summed E-state index contributed by atoms with van der Waals surface area (Å²) in [6.07, 6.45) is -1.03. The Morgan fingerprint density at radius 1 is 1.30 bits per heavy atom. The van der Waals surface area contributed by atoms with Crippen molar-refractivity contribution >= 4 is 18.0 Å². The molecule has 0 bridgehead atoms. The van der Waals surface area contributed by atoms with Gasteiger partial charge in [-0.25, -0.2) is 4.79 Å². The highest BCUT2D eigenvalue weighted by Crippen LogP contribution is 2.31. The molecule has 0 aliphatic carbocycles. The maximum Gasteiger partial charge on any atom is 0.416 e. The first-order valence-corrected chi connectivity index (χ1v) is 9.31. The van der Waals surface area contributed by atoms with E-state index in [9.17, 15) is 22.8 Å². The number of hydrogen-bond acceptors (Lipinski definition) is 7. The summed E-state index contributed by atoms with van der Waals surface area (Å²) >= 11 is 0. The Morgan fingerprint density at radius 3 is 2.67 bits per heavy atom. The fraction of sp³-hybridized carbons (Fsp3) is 0.421. The molecule has 160 valence electrons. The van der Waals surface area contributed by atoms with Crippen LogP contribution in [0.4, 0.5) is 13.2 Å². The summed E-state index contributed by atoms with van der Waals surface area (Å²) in [5.41, 5.74) is -0.268. The van der Waals surface area contributed by atoms with E-state index in [1.54, 1.807) is 6.92 Å². The van der Waals surface area contributed by atoms with Gasteiger partial charge in [0, 0.05) is 6.08 Å². The third kappa shape index (κ3) is 5.72. The Balaban J connectivity index is 1.76. The molecular formula is C19H20F3N5O3. The molecule has 0 radical (unpaired) electrons. The van der Waals surface area contributed by atoms with E-state index in [4.69, 9.17) is 4.74 Å². The van der Waals surface area contributed by atoms with Gasteiger partial charge in [-0.1, -0.05) is 6.07 Å². The van der Waals surface area contributed by atoms with Gasteiger partial charge < -0.3 is 10.1 Å². The van der Waals surface area contributed by atoms with Gasteiger partial charge >= 0.3 is 18.1 Å². The Morgan fingerprint density at radius 2 is 2.03 bits per heavy atom. The van der Waals surface area contributed by atoms with Gasteiger partial charge in [-0.3, -0.25) is 4.79 Å². The highest BCUT2D eigenvalue weighted by molar-refractivity contribution is 5.95. The highest BCUT2D eigenvalue weighted by Gasteiger charge is 2.31. The number of halogens is 3. The number of carbonyl (C=O) groups excluding carboxylic acids is 2. The topological polar surface area (TPSA) is 99.0 Å². The van der Waals surface area contributed by atoms with Gasteiger partial charge in [0.15, 0.2) is 5.82 Å². The van der Waals surface area contributed by atoms with Crippen LogP contribution < -0.4 is 5.32 Å². The Bertz CT molecular complexity index is 949. The van der Waals surface area contributed by atoms with E-state index >= 15 is 0 Å². The van der Waals surface area contributed by atoms with E-state index < -0.39 is 23.7 Å². The average molecular weight is 423 g/mol. The van der Waals surface area contributed by atoms with Gasteiger partial charge in [0.05, 0.1) is 18.0 Å². The second-order valence-electron chi connectivity index (χ2n) is 6.88. The number of aromatic nitrogens is 4. The number of tetrazole rings is 1. The number of rotatable bonds is 5. The molecule has 1 aromatic heterocycles. The maximum absolute atomic E-state index is 13.1. The molecule has 1 aromatic carbocycles. The first-order chi connectivity index (χ1) is 14.2. The van der Waals surface area contributed by atoms with Crippen molar-refractivity contribution in [3.8, 4) is 0 Å². The fourth-order valence-corrected chi connectivity index (χ4v) is 3.06. The molecule has 0 unspecified atom stereocenters. The molecular weight excluding hydrogens is 403 g/mol. The standard InChI is InChI=1S/C19H20F3N5O3/c1-12-24-26-27(25-12)11-15-10-16(19(20,21)22)4-2-13(15)3-5-17(28)30-18(29)14-6-8-23-9-7-14/h2-5,10,14,23H,6-9,11H2,1H3. The number of aryl methyl sites for hydroxylation is 1. The summed E-state index contributed by atoms with van der Waals surface area (Å²) in [7, 11) is 0. The number of esters is 2.